The fourth-order valence-corrected chi connectivity index (χ4v) is 4.69. The molecule has 1 N–H and O–H groups in total. The van der Waals surface area contributed by atoms with E-state index in [1.54, 1.807) is 4.31 Å². The molecule has 6 heteroatoms. The number of piperidine rings is 1. The van der Waals surface area contributed by atoms with Crippen LogP contribution in [-0.2, 0) is 10.0 Å². The summed E-state index contributed by atoms with van der Waals surface area (Å²) in [7, 11) is -3.03. The van der Waals surface area contributed by atoms with E-state index >= 15 is 0 Å². The van der Waals surface area contributed by atoms with Gasteiger partial charge in [-0.15, -0.1) is 12.4 Å². The summed E-state index contributed by atoms with van der Waals surface area (Å²) in [6.45, 7) is 4.65. The van der Waals surface area contributed by atoms with Crippen LogP contribution in [0.5, 0.6) is 0 Å². The van der Waals surface area contributed by atoms with E-state index in [4.69, 9.17) is 0 Å². The van der Waals surface area contributed by atoms with E-state index in [1.165, 1.54) is 12.8 Å². The molecule has 2 rings (SSSR count). The second-order valence-corrected chi connectivity index (χ2v) is 7.68. The molecule has 1 heterocycles. The number of hydrogen-bond donors (Lipinski definition) is 1. The van der Waals surface area contributed by atoms with Gasteiger partial charge in [0.1, 0.15) is 0 Å². The average Bonchev–Trinajstić information content (AvgIpc) is 3.18. The third-order valence-corrected chi connectivity index (χ3v) is 5.95. The Morgan fingerprint density at radius 3 is 2.32 bits per heavy atom. The largest absolute Gasteiger partial charge is 0.317 e. The average molecular weight is 311 g/mol. The van der Waals surface area contributed by atoms with Crippen LogP contribution < -0.4 is 5.32 Å². The zero-order chi connectivity index (χ0) is 13.0. The minimum atomic E-state index is -3.03. The molecule has 1 saturated heterocycles. The highest BCUT2D eigenvalue weighted by Crippen LogP contribution is 2.33. The summed E-state index contributed by atoms with van der Waals surface area (Å²) < 4.78 is 26.7. The Morgan fingerprint density at radius 1 is 1.16 bits per heavy atom. The zero-order valence-corrected chi connectivity index (χ0v) is 13.4. The molecule has 0 atom stereocenters. The van der Waals surface area contributed by atoms with Gasteiger partial charge in [-0.05, 0) is 44.7 Å². The number of rotatable bonds is 7. The first-order chi connectivity index (χ1) is 8.63. The number of sulfonamides is 1. The van der Waals surface area contributed by atoms with Crippen molar-refractivity contribution >= 4 is 22.4 Å². The first kappa shape index (κ1) is 17.2. The Bertz CT molecular complexity index is 352. The van der Waals surface area contributed by atoms with E-state index in [2.05, 4.69) is 12.2 Å². The zero-order valence-electron chi connectivity index (χ0n) is 11.8. The van der Waals surface area contributed by atoms with Crippen molar-refractivity contribution in [2.75, 3.05) is 25.4 Å². The van der Waals surface area contributed by atoms with Crippen molar-refractivity contribution in [1.82, 2.24) is 9.62 Å². The minimum Gasteiger partial charge on any atom is -0.317 e. The Hall–Kier alpha value is 0.160. The Kier molecular flexibility index (Phi) is 7.08. The summed E-state index contributed by atoms with van der Waals surface area (Å²) in [5.74, 6) is 1.05. The van der Waals surface area contributed by atoms with Crippen LogP contribution in [0, 0.1) is 5.92 Å². The van der Waals surface area contributed by atoms with Gasteiger partial charge in [0, 0.05) is 12.6 Å². The molecule has 0 unspecified atom stereocenters. The second-order valence-electron chi connectivity index (χ2n) is 5.64. The molecule has 0 aromatic heterocycles. The molecule has 0 bridgehead atoms. The lowest BCUT2D eigenvalue weighted by Gasteiger charge is -2.33. The third-order valence-electron chi connectivity index (χ3n) is 4.00. The van der Waals surface area contributed by atoms with Crippen LogP contribution >= 0.6 is 12.4 Å². The lowest BCUT2D eigenvalue weighted by molar-refractivity contribution is 0.262. The smallest absolute Gasteiger partial charge is 0.214 e. The lowest BCUT2D eigenvalue weighted by Crippen LogP contribution is -2.47. The SMILES string of the molecule is CCCN(C1CCNCC1)S(=O)(=O)CCC1CC1.Cl. The molecule has 0 amide bonds. The monoisotopic (exact) mass is 310 g/mol. The first-order valence-electron chi connectivity index (χ1n) is 7.33. The molecule has 1 aliphatic heterocycles. The minimum absolute atomic E-state index is 0. The Labute approximate surface area is 123 Å². The molecule has 1 aliphatic carbocycles. The number of halogens is 1. The number of nitrogens with zero attached hydrogens (tertiary/aromatic N) is 1. The predicted octanol–water partition coefficient (Wildman–Crippen LogP) is 2.00. The van der Waals surface area contributed by atoms with Gasteiger partial charge in [-0.25, -0.2) is 8.42 Å². The maximum Gasteiger partial charge on any atom is 0.214 e. The highest BCUT2D eigenvalue weighted by atomic mass is 35.5. The van der Waals surface area contributed by atoms with Crippen LogP contribution in [0.4, 0.5) is 0 Å². The van der Waals surface area contributed by atoms with E-state index in [9.17, 15) is 8.42 Å². The summed E-state index contributed by atoms with van der Waals surface area (Å²) in [6, 6.07) is 0.232. The molecule has 0 radical (unpaired) electrons. The molecule has 114 valence electrons. The quantitative estimate of drug-likeness (QED) is 0.782. The van der Waals surface area contributed by atoms with Crippen molar-refractivity contribution in [3.63, 3.8) is 0 Å². The van der Waals surface area contributed by atoms with E-state index in [1.807, 2.05) is 0 Å². The normalized spacial score (nSPS) is 21.4. The third kappa shape index (κ3) is 5.21. The van der Waals surface area contributed by atoms with Crippen LogP contribution in [-0.4, -0.2) is 44.2 Å². The summed E-state index contributed by atoms with van der Waals surface area (Å²) in [5, 5.41) is 3.30. The topological polar surface area (TPSA) is 49.4 Å². The van der Waals surface area contributed by atoms with Gasteiger partial charge in [0.2, 0.25) is 10.0 Å². The van der Waals surface area contributed by atoms with Gasteiger partial charge in [-0.1, -0.05) is 19.8 Å². The Morgan fingerprint density at radius 2 is 1.79 bits per heavy atom. The van der Waals surface area contributed by atoms with Crippen LogP contribution in [0.3, 0.4) is 0 Å². The molecule has 0 aromatic carbocycles. The molecule has 4 nitrogen and oxygen atoms in total. The fraction of sp³-hybridized carbons (Fsp3) is 1.00. The van der Waals surface area contributed by atoms with Gasteiger partial charge >= 0.3 is 0 Å². The van der Waals surface area contributed by atoms with Crippen LogP contribution in [0.25, 0.3) is 0 Å². The Balaban J connectivity index is 0.00000180. The van der Waals surface area contributed by atoms with Gasteiger partial charge in [-0.2, -0.15) is 4.31 Å². The summed E-state index contributed by atoms with van der Waals surface area (Å²) >= 11 is 0. The van der Waals surface area contributed by atoms with E-state index < -0.39 is 10.0 Å². The predicted molar refractivity (Wildman–Crippen MR) is 81.3 cm³/mol. The number of hydrogen-bond acceptors (Lipinski definition) is 3. The molecule has 0 spiro atoms. The molecule has 19 heavy (non-hydrogen) atoms. The van der Waals surface area contributed by atoms with Crippen LogP contribution in [0.2, 0.25) is 0 Å². The van der Waals surface area contributed by atoms with Gasteiger partial charge in [0.05, 0.1) is 5.75 Å². The van der Waals surface area contributed by atoms with Gasteiger partial charge in [0.15, 0.2) is 0 Å². The lowest BCUT2D eigenvalue weighted by atomic mass is 10.1. The van der Waals surface area contributed by atoms with Crippen molar-refractivity contribution in [2.45, 2.75) is 51.5 Å². The molecule has 1 saturated carbocycles. The highest BCUT2D eigenvalue weighted by Gasteiger charge is 2.32. The second kappa shape index (κ2) is 7.81. The summed E-state index contributed by atoms with van der Waals surface area (Å²) in [5.41, 5.74) is 0. The number of nitrogens with one attached hydrogen (secondary N) is 1. The van der Waals surface area contributed by atoms with E-state index in [-0.39, 0.29) is 18.4 Å². The van der Waals surface area contributed by atoms with Crippen LogP contribution in [0.1, 0.15) is 45.4 Å². The molecule has 0 aromatic rings. The standard InChI is InChI=1S/C13H26N2O2S.ClH/c1-2-10-15(13-5-8-14-9-6-13)18(16,17)11-7-12-3-4-12;/h12-14H,2-11H2,1H3;1H. The molecule has 2 aliphatic rings. The van der Waals surface area contributed by atoms with Crippen molar-refractivity contribution in [3.8, 4) is 0 Å². The van der Waals surface area contributed by atoms with Crippen molar-refractivity contribution < 1.29 is 8.42 Å². The van der Waals surface area contributed by atoms with Crippen molar-refractivity contribution in [2.24, 2.45) is 5.92 Å². The maximum absolute atomic E-state index is 12.5. The van der Waals surface area contributed by atoms with E-state index in [0.717, 1.165) is 38.8 Å². The highest BCUT2D eigenvalue weighted by molar-refractivity contribution is 7.89. The summed E-state index contributed by atoms with van der Waals surface area (Å²) in [6.07, 6.45) is 6.17. The van der Waals surface area contributed by atoms with Gasteiger partial charge in [-0.3, -0.25) is 0 Å². The molecular weight excluding hydrogens is 284 g/mol. The van der Waals surface area contributed by atoms with Crippen molar-refractivity contribution in [1.29, 1.82) is 0 Å². The van der Waals surface area contributed by atoms with E-state index in [0.29, 0.717) is 18.2 Å². The van der Waals surface area contributed by atoms with Gasteiger partial charge in [0.25, 0.3) is 0 Å². The molecule has 2 fully saturated rings. The van der Waals surface area contributed by atoms with Gasteiger partial charge < -0.3 is 5.32 Å². The van der Waals surface area contributed by atoms with Crippen LogP contribution in [0.15, 0.2) is 0 Å². The maximum atomic E-state index is 12.5. The molecular formula is C13H27ClN2O2S. The first-order valence-corrected chi connectivity index (χ1v) is 8.94. The summed E-state index contributed by atoms with van der Waals surface area (Å²) in [4.78, 5) is 0. The fourth-order valence-electron chi connectivity index (χ4n) is 2.70. The van der Waals surface area contributed by atoms with Crippen molar-refractivity contribution in [3.05, 3.63) is 0 Å².